The number of ether oxygens (including phenoxy) is 3. The summed E-state index contributed by atoms with van der Waals surface area (Å²) in [5.41, 5.74) is -0.266. The molecule has 0 fully saturated rings. The van der Waals surface area contributed by atoms with Crippen LogP contribution >= 0.6 is 0 Å². The van der Waals surface area contributed by atoms with E-state index in [2.05, 4.69) is 9.97 Å². The van der Waals surface area contributed by atoms with Crippen molar-refractivity contribution in [3.63, 3.8) is 0 Å². The van der Waals surface area contributed by atoms with E-state index in [9.17, 15) is 14.4 Å². The number of carbonyl (C=O) groups excluding carboxylic acids is 1. The van der Waals surface area contributed by atoms with Gasteiger partial charge in [-0.25, -0.2) is 14.6 Å². The Labute approximate surface area is 207 Å². The SMILES string of the molecule is CCCCn1c(=O)[nH]c(=O)c2c1nc(COC(=O)c1ccccc1OCCOc1ccccc1)n2C. The number of aromatic amines is 1. The first-order chi connectivity index (χ1) is 17.5. The zero-order chi connectivity index (χ0) is 25.5. The molecule has 0 radical (unpaired) electrons. The molecule has 2 aromatic heterocycles. The molecular formula is C26H28N4O6. The number of imidazole rings is 1. The van der Waals surface area contributed by atoms with E-state index in [0.29, 0.717) is 24.7 Å². The van der Waals surface area contributed by atoms with Crippen molar-refractivity contribution >= 4 is 17.1 Å². The summed E-state index contributed by atoms with van der Waals surface area (Å²) >= 11 is 0. The molecule has 0 amide bonds. The van der Waals surface area contributed by atoms with E-state index in [1.807, 2.05) is 37.3 Å². The zero-order valence-electron chi connectivity index (χ0n) is 20.2. The number of nitrogens with zero attached hydrogens (tertiary/aromatic N) is 3. The number of hydrogen-bond acceptors (Lipinski definition) is 7. The number of esters is 1. The van der Waals surface area contributed by atoms with Gasteiger partial charge in [-0.05, 0) is 30.7 Å². The molecule has 0 saturated heterocycles. The van der Waals surface area contributed by atoms with E-state index in [0.717, 1.165) is 18.6 Å². The number of carbonyl (C=O) groups is 1. The van der Waals surface area contributed by atoms with Gasteiger partial charge in [-0.3, -0.25) is 14.3 Å². The maximum Gasteiger partial charge on any atom is 0.342 e. The molecule has 0 unspecified atom stereocenters. The second kappa shape index (κ2) is 11.4. The van der Waals surface area contributed by atoms with Crippen LogP contribution in [0.3, 0.4) is 0 Å². The number of benzene rings is 2. The van der Waals surface area contributed by atoms with Crippen LogP contribution in [0.25, 0.3) is 11.2 Å². The highest BCUT2D eigenvalue weighted by atomic mass is 16.5. The minimum Gasteiger partial charge on any atom is -0.490 e. The van der Waals surface area contributed by atoms with Gasteiger partial charge in [-0.2, -0.15) is 0 Å². The molecule has 188 valence electrons. The third kappa shape index (κ3) is 5.48. The van der Waals surface area contributed by atoms with E-state index in [-0.39, 0.29) is 29.9 Å². The second-order valence-corrected chi connectivity index (χ2v) is 8.11. The normalized spacial score (nSPS) is 10.9. The van der Waals surface area contributed by atoms with E-state index < -0.39 is 17.2 Å². The van der Waals surface area contributed by atoms with E-state index >= 15 is 0 Å². The van der Waals surface area contributed by atoms with Crippen molar-refractivity contribution in [1.82, 2.24) is 19.1 Å². The Kier molecular flexibility index (Phi) is 7.84. The van der Waals surface area contributed by atoms with Crippen LogP contribution in [0.1, 0.15) is 35.9 Å². The van der Waals surface area contributed by atoms with Gasteiger partial charge in [0.15, 0.2) is 11.2 Å². The molecule has 4 aromatic rings. The quantitative estimate of drug-likeness (QED) is 0.253. The summed E-state index contributed by atoms with van der Waals surface area (Å²) in [5, 5.41) is 0. The minimum atomic E-state index is -0.598. The van der Waals surface area contributed by atoms with Crippen molar-refractivity contribution in [2.45, 2.75) is 32.9 Å². The molecule has 10 heteroatoms. The van der Waals surface area contributed by atoms with Crippen LogP contribution in [-0.2, 0) is 24.9 Å². The van der Waals surface area contributed by atoms with Crippen molar-refractivity contribution < 1.29 is 19.0 Å². The molecule has 0 saturated carbocycles. The van der Waals surface area contributed by atoms with Gasteiger partial charge in [-0.1, -0.05) is 43.7 Å². The van der Waals surface area contributed by atoms with Gasteiger partial charge in [0.2, 0.25) is 0 Å². The molecule has 0 bridgehead atoms. The largest absolute Gasteiger partial charge is 0.490 e. The number of para-hydroxylation sites is 2. The van der Waals surface area contributed by atoms with Gasteiger partial charge in [0.1, 0.15) is 42.7 Å². The van der Waals surface area contributed by atoms with Gasteiger partial charge in [0.25, 0.3) is 5.56 Å². The Morgan fingerprint density at radius 1 is 1.00 bits per heavy atom. The first-order valence-corrected chi connectivity index (χ1v) is 11.7. The second-order valence-electron chi connectivity index (χ2n) is 8.11. The lowest BCUT2D eigenvalue weighted by molar-refractivity contribution is 0.0454. The van der Waals surface area contributed by atoms with Gasteiger partial charge in [0.05, 0.1) is 0 Å². The Bertz CT molecular complexity index is 1460. The zero-order valence-corrected chi connectivity index (χ0v) is 20.2. The Hall–Kier alpha value is -4.34. The predicted octanol–water partition coefficient (Wildman–Crippen LogP) is 3.04. The first kappa shape index (κ1) is 24.8. The van der Waals surface area contributed by atoms with Gasteiger partial charge in [0, 0.05) is 13.6 Å². The van der Waals surface area contributed by atoms with Gasteiger partial charge < -0.3 is 18.8 Å². The summed E-state index contributed by atoms with van der Waals surface area (Å²) in [5.74, 6) is 0.845. The van der Waals surface area contributed by atoms with Crippen LogP contribution in [0.2, 0.25) is 0 Å². The molecule has 0 aliphatic rings. The third-order valence-corrected chi connectivity index (χ3v) is 5.63. The third-order valence-electron chi connectivity index (χ3n) is 5.63. The summed E-state index contributed by atoms with van der Waals surface area (Å²) in [6.07, 6.45) is 1.64. The summed E-state index contributed by atoms with van der Waals surface area (Å²) in [4.78, 5) is 44.4. The molecule has 0 aliphatic heterocycles. The lowest BCUT2D eigenvalue weighted by Gasteiger charge is -2.12. The monoisotopic (exact) mass is 492 g/mol. The van der Waals surface area contributed by atoms with Crippen LogP contribution in [0.4, 0.5) is 0 Å². The van der Waals surface area contributed by atoms with Crippen LogP contribution in [-0.4, -0.2) is 38.3 Å². The smallest absolute Gasteiger partial charge is 0.342 e. The summed E-state index contributed by atoms with van der Waals surface area (Å²) in [7, 11) is 1.65. The van der Waals surface area contributed by atoms with Crippen LogP contribution in [0.15, 0.2) is 64.2 Å². The maximum absolute atomic E-state index is 12.9. The van der Waals surface area contributed by atoms with E-state index in [1.165, 1.54) is 9.13 Å². The highest BCUT2D eigenvalue weighted by Crippen LogP contribution is 2.20. The number of nitrogens with one attached hydrogen (secondary N) is 1. The van der Waals surface area contributed by atoms with Crippen molar-refractivity contribution in [1.29, 1.82) is 0 Å². The lowest BCUT2D eigenvalue weighted by Crippen LogP contribution is -2.31. The molecule has 36 heavy (non-hydrogen) atoms. The Morgan fingerprint density at radius 2 is 1.72 bits per heavy atom. The average Bonchev–Trinajstić information content (AvgIpc) is 3.22. The summed E-state index contributed by atoms with van der Waals surface area (Å²) < 4.78 is 19.8. The molecule has 0 spiro atoms. The number of hydrogen-bond donors (Lipinski definition) is 1. The van der Waals surface area contributed by atoms with Crippen molar-refractivity contribution in [2.24, 2.45) is 7.05 Å². The highest BCUT2D eigenvalue weighted by molar-refractivity contribution is 5.92. The number of unbranched alkanes of at least 4 members (excludes halogenated alkanes) is 1. The number of fused-ring (bicyclic) bond motifs is 1. The molecular weight excluding hydrogens is 464 g/mol. The first-order valence-electron chi connectivity index (χ1n) is 11.7. The number of H-pyrrole nitrogens is 1. The fraction of sp³-hybridized carbons (Fsp3) is 0.308. The van der Waals surface area contributed by atoms with E-state index in [4.69, 9.17) is 14.2 Å². The molecule has 0 atom stereocenters. The predicted molar refractivity (Wildman–Crippen MR) is 133 cm³/mol. The fourth-order valence-corrected chi connectivity index (χ4v) is 3.74. The molecule has 4 rings (SSSR count). The minimum absolute atomic E-state index is 0.184. The van der Waals surface area contributed by atoms with Gasteiger partial charge >= 0.3 is 11.7 Å². The molecule has 2 aromatic carbocycles. The topological polar surface area (TPSA) is 117 Å². The molecule has 10 nitrogen and oxygen atoms in total. The molecule has 1 N–H and O–H groups in total. The highest BCUT2D eigenvalue weighted by Gasteiger charge is 2.19. The number of aryl methyl sites for hydroxylation is 2. The lowest BCUT2D eigenvalue weighted by atomic mass is 10.2. The summed E-state index contributed by atoms with van der Waals surface area (Å²) in [6.45, 7) is 2.80. The van der Waals surface area contributed by atoms with Crippen molar-refractivity contribution in [2.75, 3.05) is 13.2 Å². The van der Waals surface area contributed by atoms with Crippen LogP contribution in [0, 0.1) is 0 Å². The Balaban J connectivity index is 1.45. The standard InChI is InChI=1S/C26H28N4O6/c1-3-4-14-30-23-22(24(31)28-26(30)33)29(2)21(27-23)17-36-25(32)19-12-8-9-13-20(19)35-16-15-34-18-10-6-5-7-11-18/h5-13H,3-4,14-17H2,1-2H3,(H,28,31,33). The molecule has 2 heterocycles. The average molecular weight is 493 g/mol. The van der Waals surface area contributed by atoms with Crippen molar-refractivity contribution in [3.8, 4) is 11.5 Å². The maximum atomic E-state index is 12.9. The molecule has 0 aliphatic carbocycles. The summed E-state index contributed by atoms with van der Waals surface area (Å²) in [6, 6.07) is 16.1. The number of aromatic nitrogens is 4. The van der Waals surface area contributed by atoms with Gasteiger partial charge in [-0.15, -0.1) is 0 Å². The van der Waals surface area contributed by atoms with Crippen LogP contribution in [0.5, 0.6) is 11.5 Å². The fourth-order valence-electron chi connectivity index (χ4n) is 3.74. The number of rotatable bonds is 11. The van der Waals surface area contributed by atoms with Crippen LogP contribution < -0.4 is 20.7 Å². The van der Waals surface area contributed by atoms with Crippen molar-refractivity contribution in [3.05, 3.63) is 86.8 Å². The Morgan fingerprint density at radius 3 is 2.50 bits per heavy atom. The van der Waals surface area contributed by atoms with E-state index in [1.54, 1.807) is 31.3 Å².